The van der Waals surface area contributed by atoms with Crippen molar-refractivity contribution in [3.05, 3.63) is 83.8 Å². The van der Waals surface area contributed by atoms with Crippen LogP contribution in [-0.4, -0.2) is 0 Å². The van der Waals surface area contributed by atoms with Crippen molar-refractivity contribution in [3.63, 3.8) is 0 Å². The lowest BCUT2D eigenvalue weighted by Crippen LogP contribution is -1.85. The van der Waals surface area contributed by atoms with Crippen LogP contribution >= 0.6 is 11.6 Å². The van der Waals surface area contributed by atoms with Crippen LogP contribution in [0.2, 0.25) is 5.02 Å². The predicted molar refractivity (Wildman–Crippen MR) is 82.3 cm³/mol. The summed E-state index contributed by atoms with van der Waals surface area (Å²) in [6, 6.07) is 13.0. The molecule has 19 heavy (non-hydrogen) atoms. The molecular weight excluding hydrogens is 252 g/mol. The second-order valence-electron chi connectivity index (χ2n) is 4.06. The second kappa shape index (κ2) is 5.29. The molecule has 0 aromatic heterocycles. The van der Waals surface area contributed by atoms with Crippen LogP contribution in [0, 0.1) is 0 Å². The summed E-state index contributed by atoms with van der Waals surface area (Å²) in [6.45, 7) is 0. The van der Waals surface area contributed by atoms with E-state index in [1.54, 1.807) is 18.2 Å². The molecule has 0 aliphatic heterocycles. The van der Waals surface area contributed by atoms with Crippen molar-refractivity contribution >= 4 is 11.6 Å². The van der Waals surface area contributed by atoms with Gasteiger partial charge in [-0.05, 0) is 34.4 Å². The van der Waals surface area contributed by atoms with Crippen molar-refractivity contribution in [3.8, 4) is 22.3 Å². The van der Waals surface area contributed by atoms with Gasteiger partial charge in [-0.25, -0.2) is 0 Å². The lowest BCUT2D eigenvalue weighted by Gasteiger charge is -2.10. The zero-order chi connectivity index (χ0) is 17.4. The molecule has 0 aliphatic carbocycles. The zero-order valence-corrected chi connectivity index (χ0v) is 10.8. The summed E-state index contributed by atoms with van der Waals surface area (Å²) >= 11 is 6.12. The van der Waals surface area contributed by atoms with Crippen LogP contribution in [0.5, 0.6) is 0 Å². The zero-order valence-electron chi connectivity index (χ0n) is 15.0. The van der Waals surface area contributed by atoms with Crippen molar-refractivity contribution in [1.82, 2.24) is 0 Å². The molecule has 0 fully saturated rings. The topological polar surface area (TPSA) is 0 Å². The average Bonchev–Trinajstić information content (AvgIpc) is 2.60. The molecule has 3 rings (SSSR count). The Bertz CT molecular complexity index is 893. The standard InChI is InChI=1S/C18H13Cl/c19-16-11-12-17(14-7-3-1-4-8-14)18(13-16)15-9-5-2-6-10-15/h1-13H/i1D,3D,4D,7D,8D. The van der Waals surface area contributed by atoms with Crippen LogP contribution in [0.25, 0.3) is 22.3 Å². The summed E-state index contributed by atoms with van der Waals surface area (Å²) in [5.74, 6) is 0. The minimum atomic E-state index is -0.399. The predicted octanol–water partition coefficient (Wildman–Crippen LogP) is 5.67. The van der Waals surface area contributed by atoms with Crippen molar-refractivity contribution in [2.75, 3.05) is 0 Å². The maximum absolute atomic E-state index is 8.18. The second-order valence-corrected chi connectivity index (χ2v) is 4.49. The van der Waals surface area contributed by atoms with Crippen LogP contribution in [0.15, 0.2) is 78.7 Å². The Morgan fingerprint density at radius 1 is 0.737 bits per heavy atom. The van der Waals surface area contributed by atoms with Gasteiger partial charge in [-0.2, -0.15) is 0 Å². The molecule has 0 amide bonds. The van der Waals surface area contributed by atoms with Gasteiger partial charge in [-0.1, -0.05) is 78.2 Å². The van der Waals surface area contributed by atoms with Gasteiger partial charge in [0, 0.05) is 5.02 Å². The fourth-order valence-electron chi connectivity index (χ4n) is 1.98. The van der Waals surface area contributed by atoms with E-state index in [4.69, 9.17) is 18.5 Å². The van der Waals surface area contributed by atoms with E-state index in [0.29, 0.717) is 10.6 Å². The highest BCUT2D eigenvalue weighted by atomic mass is 35.5. The summed E-state index contributed by atoms with van der Waals surface area (Å²) in [5.41, 5.74) is 2.32. The number of hydrogen-bond donors (Lipinski definition) is 0. The molecule has 0 saturated carbocycles. The maximum Gasteiger partial charge on any atom is 0.0629 e. The first kappa shape index (κ1) is 7.52. The summed E-state index contributed by atoms with van der Waals surface area (Å²) in [6.07, 6.45) is 0. The van der Waals surface area contributed by atoms with Crippen LogP contribution < -0.4 is 0 Å². The summed E-state index contributed by atoms with van der Waals surface area (Å²) in [4.78, 5) is 0. The monoisotopic (exact) mass is 269 g/mol. The molecule has 0 aliphatic rings. The Balaban J connectivity index is 2.37. The van der Waals surface area contributed by atoms with Gasteiger partial charge in [0.25, 0.3) is 0 Å². The SMILES string of the molecule is [2H]c1c([2H])c([2H])c(-c2ccc(Cl)cc2-c2ccccc2)c([2H])c1[2H]. The van der Waals surface area contributed by atoms with E-state index >= 15 is 0 Å². The molecule has 1 heteroatoms. The molecular formula is C18H13Cl. The highest BCUT2D eigenvalue weighted by molar-refractivity contribution is 6.31. The smallest absolute Gasteiger partial charge is 0.0629 e. The molecule has 0 unspecified atom stereocenters. The third-order valence-electron chi connectivity index (χ3n) is 2.84. The van der Waals surface area contributed by atoms with Crippen LogP contribution in [-0.2, 0) is 0 Å². The van der Waals surface area contributed by atoms with Crippen LogP contribution in [0.1, 0.15) is 6.85 Å². The molecule has 0 atom stereocenters. The van der Waals surface area contributed by atoms with Crippen molar-refractivity contribution in [2.24, 2.45) is 0 Å². The number of halogens is 1. The van der Waals surface area contributed by atoms with Gasteiger partial charge in [0.15, 0.2) is 0 Å². The van der Waals surface area contributed by atoms with E-state index in [9.17, 15) is 0 Å². The number of benzene rings is 3. The minimum Gasteiger partial charge on any atom is -0.0843 e. The van der Waals surface area contributed by atoms with Crippen molar-refractivity contribution < 1.29 is 6.85 Å². The van der Waals surface area contributed by atoms with Gasteiger partial charge in [-0.15, -0.1) is 0 Å². The molecule has 0 N–H and O–H groups in total. The van der Waals surface area contributed by atoms with E-state index in [1.807, 2.05) is 30.3 Å². The fraction of sp³-hybridized carbons (Fsp3) is 0. The van der Waals surface area contributed by atoms with Gasteiger partial charge in [0.05, 0.1) is 6.85 Å². The molecule has 0 saturated heterocycles. The summed E-state index contributed by atoms with van der Waals surface area (Å²) in [5, 5.41) is 0.518. The molecule has 92 valence electrons. The highest BCUT2D eigenvalue weighted by Crippen LogP contribution is 2.33. The van der Waals surface area contributed by atoms with E-state index in [0.717, 1.165) is 11.1 Å². The Hall–Kier alpha value is -2.05. The van der Waals surface area contributed by atoms with Crippen molar-refractivity contribution in [1.29, 1.82) is 0 Å². The maximum atomic E-state index is 8.18. The fourth-order valence-corrected chi connectivity index (χ4v) is 2.15. The van der Waals surface area contributed by atoms with E-state index in [1.165, 1.54) is 0 Å². The van der Waals surface area contributed by atoms with E-state index in [-0.39, 0.29) is 29.7 Å². The lowest BCUT2D eigenvalue weighted by atomic mass is 9.95. The van der Waals surface area contributed by atoms with Gasteiger partial charge in [-0.3, -0.25) is 0 Å². The first-order chi connectivity index (χ1) is 11.4. The van der Waals surface area contributed by atoms with Crippen LogP contribution in [0.3, 0.4) is 0 Å². The third-order valence-corrected chi connectivity index (χ3v) is 3.07. The average molecular weight is 270 g/mol. The molecule has 3 aromatic rings. The number of rotatable bonds is 2. The lowest BCUT2D eigenvalue weighted by molar-refractivity contribution is 1.58. The third kappa shape index (κ3) is 2.54. The van der Waals surface area contributed by atoms with Crippen molar-refractivity contribution in [2.45, 2.75) is 0 Å². The van der Waals surface area contributed by atoms with Gasteiger partial charge in [0.1, 0.15) is 0 Å². The van der Waals surface area contributed by atoms with E-state index in [2.05, 4.69) is 0 Å². The first-order valence-electron chi connectivity index (χ1n) is 8.34. The first-order valence-corrected chi connectivity index (χ1v) is 6.22. The molecule has 0 bridgehead atoms. The molecule has 0 spiro atoms. The largest absolute Gasteiger partial charge is 0.0843 e. The molecule has 0 nitrogen and oxygen atoms in total. The quantitative estimate of drug-likeness (QED) is 0.562. The van der Waals surface area contributed by atoms with Crippen LogP contribution in [0.4, 0.5) is 0 Å². The van der Waals surface area contributed by atoms with Gasteiger partial charge < -0.3 is 0 Å². The highest BCUT2D eigenvalue weighted by Gasteiger charge is 2.07. The molecule has 3 aromatic carbocycles. The molecule has 0 heterocycles. The Labute approximate surface area is 125 Å². The van der Waals surface area contributed by atoms with Gasteiger partial charge in [0.2, 0.25) is 0 Å². The molecule has 0 radical (unpaired) electrons. The minimum absolute atomic E-state index is 0.177. The normalized spacial score (nSPS) is 14.1. The number of hydrogen-bond acceptors (Lipinski definition) is 0. The van der Waals surface area contributed by atoms with Gasteiger partial charge >= 0.3 is 0 Å². The summed E-state index contributed by atoms with van der Waals surface area (Å²) in [7, 11) is 0. The van der Waals surface area contributed by atoms with E-state index < -0.39 is 6.04 Å². The Morgan fingerprint density at radius 3 is 2.21 bits per heavy atom. The Morgan fingerprint density at radius 2 is 1.47 bits per heavy atom. The summed E-state index contributed by atoms with van der Waals surface area (Å²) < 4.78 is 39.8. The Kier molecular flexibility index (Phi) is 2.09.